The maximum atomic E-state index is 5.34. The molecule has 0 radical (unpaired) electrons. The van der Waals surface area contributed by atoms with E-state index in [-0.39, 0.29) is 6.10 Å². The third-order valence-electron chi connectivity index (χ3n) is 1.55. The number of hydrogen-bond donors (Lipinski definition) is 1. The molecule has 11 heavy (non-hydrogen) atoms. The quantitative estimate of drug-likeness (QED) is 0.655. The van der Waals surface area contributed by atoms with E-state index < -0.39 is 0 Å². The highest BCUT2D eigenvalue weighted by molar-refractivity contribution is 4.85. The predicted molar refractivity (Wildman–Crippen MR) is 42.6 cm³/mol. The van der Waals surface area contributed by atoms with Gasteiger partial charge in [0.1, 0.15) is 19.0 Å². The van der Waals surface area contributed by atoms with E-state index in [0.717, 1.165) is 6.42 Å². The molecule has 1 atom stereocenters. The van der Waals surface area contributed by atoms with Crippen LogP contribution in [0.4, 0.5) is 0 Å². The second-order valence-electron chi connectivity index (χ2n) is 3.22. The molecular formula is C8H15NO2. The van der Waals surface area contributed by atoms with E-state index in [4.69, 9.17) is 15.2 Å². The van der Waals surface area contributed by atoms with Gasteiger partial charge in [0.2, 0.25) is 5.88 Å². The van der Waals surface area contributed by atoms with Crippen LogP contribution >= 0.6 is 0 Å². The fraction of sp³-hybridized carbons (Fsp3) is 0.750. The zero-order valence-corrected chi connectivity index (χ0v) is 7.04. The van der Waals surface area contributed by atoms with Crippen LogP contribution in [0.1, 0.15) is 20.3 Å². The van der Waals surface area contributed by atoms with Gasteiger partial charge in [0.05, 0.1) is 0 Å². The first-order valence-electron chi connectivity index (χ1n) is 3.92. The van der Waals surface area contributed by atoms with E-state index in [0.29, 0.717) is 18.4 Å². The van der Waals surface area contributed by atoms with Gasteiger partial charge in [-0.15, -0.1) is 0 Å². The zero-order valence-electron chi connectivity index (χ0n) is 7.04. The van der Waals surface area contributed by atoms with Crippen LogP contribution in [-0.4, -0.2) is 12.7 Å². The molecule has 3 nitrogen and oxygen atoms in total. The lowest BCUT2D eigenvalue weighted by Crippen LogP contribution is -2.25. The summed E-state index contributed by atoms with van der Waals surface area (Å²) in [5, 5.41) is 0. The largest absolute Gasteiger partial charge is 0.489 e. The Hall–Kier alpha value is -0.860. The van der Waals surface area contributed by atoms with Gasteiger partial charge in [-0.25, -0.2) is 0 Å². The standard InChI is InChI=1S/C8H15NO2/c1-6(2)3-7-4-11-8(9)5-10-7/h5-7H,3-4,9H2,1-2H3. The number of nitrogens with two attached hydrogens (primary N) is 1. The first-order chi connectivity index (χ1) is 5.18. The Bertz CT molecular complexity index is 154. The molecule has 0 aromatic heterocycles. The van der Waals surface area contributed by atoms with Crippen molar-refractivity contribution < 1.29 is 9.47 Å². The summed E-state index contributed by atoms with van der Waals surface area (Å²) in [7, 11) is 0. The van der Waals surface area contributed by atoms with Crippen LogP contribution < -0.4 is 5.73 Å². The Morgan fingerprint density at radius 1 is 1.73 bits per heavy atom. The van der Waals surface area contributed by atoms with E-state index >= 15 is 0 Å². The molecule has 1 unspecified atom stereocenters. The molecule has 0 saturated heterocycles. The van der Waals surface area contributed by atoms with Crippen molar-refractivity contribution in [3.63, 3.8) is 0 Å². The Balaban J connectivity index is 2.29. The van der Waals surface area contributed by atoms with Gasteiger partial charge < -0.3 is 15.2 Å². The molecule has 3 heteroatoms. The summed E-state index contributed by atoms with van der Waals surface area (Å²) >= 11 is 0. The van der Waals surface area contributed by atoms with Gasteiger partial charge in [-0.05, 0) is 12.3 Å². The third kappa shape index (κ3) is 2.70. The minimum absolute atomic E-state index is 0.183. The van der Waals surface area contributed by atoms with Gasteiger partial charge >= 0.3 is 0 Å². The van der Waals surface area contributed by atoms with Gasteiger partial charge in [-0.3, -0.25) is 0 Å². The van der Waals surface area contributed by atoms with Crippen molar-refractivity contribution in [1.82, 2.24) is 0 Å². The van der Waals surface area contributed by atoms with E-state index in [1.165, 1.54) is 6.26 Å². The molecule has 64 valence electrons. The molecule has 0 aromatic carbocycles. The van der Waals surface area contributed by atoms with Gasteiger partial charge in [0.15, 0.2) is 0 Å². The SMILES string of the molecule is CC(C)CC1COC(N)=CO1. The van der Waals surface area contributed by atoms with Gasteiger partial charge in [0.25, 0.3) is 0 Å². The van der Waals surface area contributed by atoms with E-state index in [2.05, 4.69) is 13.8 Å². The van der Waals surface area contributed by atoms with Gasteiger partial charge in [0, 0.05) is 0 Å². The maximum Gasteiger partial charge on any atom is 0.220 e. The van der Waals surface area contributed by atoms with Crippen LogP contribution in [0.3, 0.4) is 0 Å². The van der Waals surface area contributed by atoms with Crippen LogP contribution in [-0.2, 0) is 9.47 Å². The summed E-state index contributed by atoms with van der Waals surface area (Å²) in [5.41, 5.74) is 5.34. The van der Waals surface area contributed by atoms with Crippen LogP contribution in [0.5, 0.6) is 0 Å². The fourth-order valence-corrected chi connectivity index (χ4v) is 1.08. The fourth-order valence-electron chi connectivity index (χ4n) is 1.08. The van der Waals surface area contributed by atoms with Crippen molar-refractivity contribution in [2.45, 2.75) is 26.4 Å². The van der Waals surface area contributed by atoms with Gasteiger partial charge in [-0.1, -0.05) is 13.8 Å². The number of ether oxygens (including phenoxy) is 2. The lowest BCUT2D eigenvalue weighted by molar-refractivity contribution is 0.00503. The maximum absolute atomic E-state index is 5.34. The molecule has 0 aliphatic carbocycles. The molecule has 1 rings (SSSR count). The average molecular weight is 157 g/mol. The molecule has 0 aromatic rings. The molecule has 2 N–H and O–H groups in total. The summed E-state index contributed by atoms with van der Waals surface area (Å²) in [6, 6.07) is 0. The first-order valence-corrected chi connectivity index (χ1v) is 3.92. The summed E-state index contributed by atoms with van der Waals surface area (Å²) in [5.74, 6) is 1.02. The third-order valence-corrected chi connectivity index (χ3v) is 1.55. The molecule has 0 fully saturated rings. The molecule has 1 aliphatic heterocycles. The lowest BCUT2D eigenvalue weighted by Gasteiger charge is -2.23. The molecule has 0 amide bonds. The Morgan fingerprint density at radius 2 is 2.45 bits per heavy atom. The van der Waals surface area contributed by atoms with Crippen molar-refractivity contribution in [2.75, 3.05) is 6.61 Å². The average Bonchev–Trinajstić information content (AvgIpc) is 1.93. The molecular weight excluding hydrogens is 142 g/mol. The number of hydrogen-bond acceptors (Lipinski definition) is 3. The second-order valence-corrected chi connectivity index (χ2v) is 3.22. The summed E-state index contributed by atoms with van der Waals surface area (Å²) < 4.78 is 10.4. The Morgan fingerprint density at radius 3 is 2.91 bits per heavy atom. The lowest BCUT2D eigenvalue weighted by atomic mass is 10.1. The van der Waals surface area contributed by atoms with Crippen LogP contribution in [0, 0.1) is 5.92 Å². The second kappa shape index (κ2) is 3.51. The Labute approximate surface area is 67.2 Å². The Kier molecular flexibility index (Phi) is 2.63. The van der Waals surface area contributed by atoms with Crippen molar-refractivity contribution >= 4 is 0 Å². The minimum atomic E-state index is 0.183. The monoisotopic (exact) mass is 157 g/mol. The highest BCUT2D eigenvalue weighted by Gasteiger charge is 2.15. The zero-order chi connectivity index (χ0) is 8.27. The molecule has 0 saturated carbocycles. The van der Waals surface area contributed by atoms with Crippen molar-refractivity contribution in [2.24, 2.45) is 11.7 Å². The summed E-state index contributed by atoms with van der Waals surface area (Å²) in [6.07, 6.45) is 2.68. The minimum Gasteiger partial charge on any atom is -0.489 e. The molecule has 0 spiro atoms. The normalized spacial score (nSPS) is 23.9. The van der Waals surface area contributed by atoms with Gasteiger partial charge in [-0.2, -0.15) is 0 Å². The first kappa shape index (κ1) is 8.24. The van der Waals surface area contributed by atoms with Crippen molar-refractivity contribution in [1.29, 1.82) is 0 Å². The summed E-state index contributed by atoms with van der Waals surface area (Å²) in [4.78, 5) is 0. The molecule has 1 heterocycles. The smallest absolute Gasteiger partial charge is 0.220 e. The predicted octanol–water partition coefficient (Wildman–Crippen LogP) is 1.21. The topological polar surface area (TPSA) is 44.5 Å². The van der Waals surface area contributed by atoms with Crippen molar-refractivity contribution in [3.8, 4) is 0 Å². The van der Waals surface area contributed by atoms with Crippen molar-refractivity contribution in [3.05, 3.63) is 12.1 Å². The summed E-state index contributed by atoms with van der Waals surface area (Å²) in [6.45, 7) is 4.90. The van der Waals surface area contributed by atoms with Crippen LogP contribution in [0.2, 0.25) is 0 Å². The van der Waals surface area contributed by atoms with Crippen LogP contribution in [0.15, 0.2) is 12.1 Å². The highest BCUT2D eigenvalue weighted by Crippen LogP contribution is 2.13. The van der Waals surface area contributed by atoms with E-state index in [1.807, 2.05) is 0 Å². The molecule has 0 bridgehead atoms. The molecule has 1 aliphatic rings. The van der Waals surface area contributed by atoms with E-state index in [1.54, 1.807) is 0 Å². The van der Waals surface area contributed by atoms with E-state index in [9.17, 15) is 0 Å². The van der Waals surface area contributed by atoms with Crippen LogP contribution in [0.25, 0.3) is 0 Å². The highest BCUT2D eigenvalue weighted by atomic mass is 16.6. The number of rotatable bonds is 2.